The lowest BCUT2D eigenvalue weighted by Gasteiger charge is -2.06. The van der Waals surface area contributed by atoms with Crippen LogP contribution in [0.25, 0.3) is 0 Å². The molecule has 0 spiro atoms. The second-order valence-corrected chi connectivity index (χ2v) is 2.91. The Morgan fingerprint density at radius 1 is 1.60 bits per heavy atom. The van der Waals surface area contributed by atoms with Gasteiger partial charge in [-0.3, -0.25) is 9.89 Å². The van der Waals surface area contributed by atoms with Gasteiger partial charge in [0, 0.05) is 0 Å². The SMILES string of the molecule is Cc1[nH]nc(C(=O)NCC(F)(F)F)c1N. The fourth-order valence-electron chi connectivity index (χ4n) is 0.875. The van der Waals surface area contributed by atoms with Crippen molar-refractivity contribution in [3.05, 3.63) is 11.4 Å². The molecule has 1 amide bonds. The Morgan fingerprint density at radius 2 is 2.20 bits per heavy atom. The molecule has 5 nitrogen and oxygen atoms in total. The maximum absolute atomic E-state index is 11.8. The van der Waals surface area contributed by atoms with Gasteiger partial charge in [0.1, 0.15) is 6.54 Å². The molecule has 0 atom stereocenters. The number of nitrogen functional groups attached to an aromatic ring is 1. The second kappa shape index (κ2) is 3.79. The summed E-state index contributed by atoms with van der Waals surface area (Å²) in [6.07, 6.45) is -4.45. The first-order valence-electron chi connectivity index (χ1n) is 3.96. The van der Waals surface area contributed by atoms with Crippen molar-refractivity contribution in [2.75, 3.05) is 12.3 Å². The van der Waals surface area contributed by atoms with Gasteiger partial charge in [0.15, 0.2) is 5.69 Å². The van der Waals surface area contributed by atoms with Gasteiger partial charge in [-0.25, -0.2) is 0 Å². The number of carbonyl (C=O) groups excluding carboxylic acids is 1. The molecule has 4 N–H and O–H groups in total. The van der Waals surface area contributed by atoms with Gasteiger partial charge in [0.2, 0.25) is 0 Å². The molecule has 1 aromatic rings. The number of carbonyl (C=O) groups is 1. The lowest BCUT2D eigenvalue weighted by molar-refractivity contribution is -0.123. The molecular weight excluding hydrogens is 213 g/mol. The summed E-state index contributed by atoms with van der Waals surface area (Å²) < 4.78 is 35.3. The molecule has 1 aromatic heterocycles. The molecule has 0 aliphatic rings. The Labute approximate surface area is 82.8 Å². The molecule has 15 heavy (non-hydrogen) atoms. The van der Waals surface area contributed by atoms with Gasteiger partial charge in [-0.05, 0) is 6.92 Å². The maximum Gasteiger partial charge on any atom is 0.405 e. The maximum atomic E-state index is 11.8. The fraction of sp³-hybridized carbons (Fsp3) is 0.429. The third kappa shape index (κ3) is 2.86. The van der Waals surface area contributed by atoms with Crippen LogP contribution in [-0.4, -0.2) is 28.8 Å². The van der Waals surface area contributed by atoms with E-state index in [0.717, 1.165) is 0 Å². The highest BCUT2D eigenvalue weighted by Gasteiger charge is 2.28. The predicted octanol–water partition coefficient (Wildman–Crippen LogP) is 0.592. The third-order valence-electron chi connectivity index (χ3n) is 1.66. The summed E-state index contributed by atoms with van der Waals surface area (Å²) in [5, 5.41) is 7.55. The Hall–Kier alpha value is -1.73. The number of nitrogens with two attached hydrogens (primary N) is 1. The number of halogens is 3. The van der Waals surface area contributed by atoms with Crippen molar-refractivity contribution in [1.29, 1.82) is 0 Å². The highest BCUT2D eigenvalue weighted by Crippen LogP contribution is 2.15. The number of rotatable bonds is 2. The lowest BCUT2D eigenvalue weighted by atomic mass is 10.3. The summed E-state index contributed by atoms with van der Waals surface area (Å²) in [7, 11) is 0. The van der Waals surface area contributed by atoms with Crippen molar-refractivity contribution in [2.24, 2.45) is 0 Å². The molecule has 8 heteroatoms. The number of aromatic amines is 1. The minimum absolute atomic E-state index is 0.0506. The number of nitrogens with one attached hydrogen (secondary N) is 2. The number of amides is 1. The summed E-state index contributed by atoms with van der Waals surface area (Å²) in [6, 6.07) is 0. The van der Waals surface area contributed by atoms with E-state index in [4.69, 9.17) is 5.73 Å². The minimum Gasteiger partial charge on any atom is -0.395 e. The van der Waals surface area contributed by atoms with E-state index < -0.39 is 18.6 Å². The summed E-state index contributed by atoms with van der Waals surface area (Å²) >= 11 is 0. The molecule has 0 radical (unpaired) electrons. The molecule has 0 unspecified atom stereocenters. The van der Waals surface area contributed by atoms with Crippen molar-refractivity contribution in [3.8, 4) is 0 Å². The molecule has 1 rings (SSSR count). The molecule has 0 aromatic carbocycles. The number of H-pyrrole nitrogens is 1. The van der Waals surface area contributed by atoms with Crippen molar-refractivity contribution in [3.63, 3.8) is 0 Å². The van der Waals surface area contributed by atoms with Gasteiger partial charge in [-0.2, -0.15) is 18.3 Å². The zero-order valence-electron chi connectivity index (χ0n) is 7.77. The molecule has 1 heterocycles. The number of hydrogen-bond acceptors (Lipinski definition) is 3. The van der Waals surface area contributed by atoms with Crippen LogP contribution in [0.3, 0.4) is 0 Å². The summed E-state index contributed by atoms with van der Waals surface area (Å²) in [4.78, 5) is 11.2. The van der Waals surface area contributed by atoms with Crippen LogP contribution >= 0.6 is 0 Å². The van der Waals surface area contributed by atoms with Gasteiger partial charge in [-0.1, -0.05) is 0 Å². The number of aromatic nitrogens is 2. The van der Waals surface area contributed by atoms with E-state index in [1.165, 1.54) is 0 Å². The van der Waals surface area contributed by atoms with Crippen molar-refractivity contribution >= 4 is 11.6 Å². The van der Waals surface area contributed by atoms with E-state index >= 15 is 0 Å². The normalized spacial score (nSPS) is 11.5. The minimum atomic E-state index is -4.45. The molecule has 0 fully saturated rings. The second-order valence-electron chi connectivity index (χ2n) is 2.91. The first-order chi connectivity index (χ1) is 6.81. The fourth-order valence-corrected chi connectivity index (χ4v) is 0.875. The average Bonchev–Trinajstić information content (AvgIpc) is 2.43. The van der Waals surface area contributed by atoms with Gasteiger partial charge in [-0.15, -0.1) is 0 Å². The molecule has 0 saturated heterocycles. The highest BCUT2D eigenvalue weighted by molar-refractivity contribution is 5.97. The van der Waals surface area contributed by atoms with Gasteiger partial charge >= 0.3 is 6.18 Å². The molecule has 0 bridgehead atoms. The number of hydrogen-bond donors (Lipinski definition) is 3. The monoisotopic (exact) mass is 222 g/mol. The number of anilines is 1. The van der Waals surface area contributed by atoms with Crippen molar-refractivity contribution < 1.29 is 18.0 Å². The molecule has 0 saturated carbocycles. The number of alkyl halides is 3. The van der Waals surface area contributed by atoms with E-state index in [1.54, 1.807) is 12.2 Å². The first kappa shape index (κ1) is 11.3. The van der Waals surface area contributed by atoms with Crippen LogP contribution in [0.5, 0.6) is 0 Å². The summed E-state index contributed by atoms with van der Waals surface area (Å²) in [6.45, 7) is 0.153. The smallest absolute Gasteiger partial charge is 0.395 e. The predicted molar refractivity (Wildman–Crippen MR) is 46.1 cm³/mol. The highest BCUT2D eigenvalue weighted by atomic mass is 19.4. The Balaban J connectivity index is 2.66. The molecule has 0 aliphatic carbocycles. The number of nitrogens with zero attached hydrogens (tertiary/aromatic N) is 1. The van der Waals surface area contributed by atoms with Gasteiger partial charge in [0.25, 0.3) is 5.91 Å². The van der Waals surface area contributed by atoms with Crippen LogP contribution in [0.4, 0.5) is 18.9 Å². The van der Waals surface area contributed by atoms with Crippen LogP contribution in [0.1, 0.15) is 16.2 Å². The standard InChI is InChI=1S/C7H9F3N4O/c1-3-4(11)5(14-13-3)6(15)12-2-7(8,9)10/h2,11H2,1H3,(H,12,15)(H,13,14). The van der Waals surface area contributed by atoms with E-state index in [2.05, 4.69) is 10.2 Å². The third-order valence-corrected chi connectivity index (χ3v) is 1.66. The van der Waals surface area contributed by atoms with Crippen LogP contribution in [0, 0.1) is 6.92 Å². The van der Waals surface area contributed by atoms with Crippen molar-refractivity contribution in [1.82, 2.24) is 15.5 Å². The molecule has 0 aliphatic heterocycles. The number of aryl methyl sites for hydroxylation is 1. The van der Waals surface area contributed by atoms with E-state index in [-0.39, 0.29) is 11.4 Å². The van der Waals surface area contributed by atoms with Crippen molar-refractivity contribution in [2.45, 2.75) is 13.1 Å². The average molecular weight is 222 g/mol. The molecule has 84 valence electrons. The largest absolute Gasteiger partial charge is 0.405 e. The topological polar surface area (TPSA) is 83.8 Å². The Bertz CT molecular complexity index is 371. The lowest BCUT2D eigenvalue weighted by Crippen LogP contribution is -2.34. The zero-order valence-corrected chi connectivity index (χ0v) is 7.77. The van der Waals surface area contributed by atoms with E-state index in [9.17, 15) is 18.0 Å². The zero-order chi connectivity index (χ0) is 11.6. The van der Waals surface area contributed by atoms with Crippen LogP contribution in [-0.2, 0) is 0 Å². The Kier molecular flexibility index (Phi) is 2.87. The summed E-state index contributed by atoms with van der Waals surface area (Å²) in [5.41, 5.74) is 5.67. The van der Waals surface area contributed by atoms with E-state index in [0.29, 0.717) is 5.69 Å². The van der Waals surface area contributed by atoms with Crippen LogP contribution in [0.2, 0.25) is 0 Å². The van der Waals surface area contributed by atoms with E-state index in [1.807, 2.05) is 0 Å². The van der Waals surface area contributed by atoms with Crippen LogP contribution in [0.15, 0.2) is 0 Å². The molecular formula is C7H9F3N4O. The van der Waals surface area contributed by atoms with Gasteiger partial charge in [0.05, 0.1) is 11.4 Å². The Morgan fingerprint density at radius 3 is 2.60 bits per heavy atom. The van der Waals surface area contributed by atoms with Gasteiger partial charge < -0.3 is 11.1 Å². The van der Waals surface area contributed by atoms with Crippen LogP contribution < -0.4 is 11.1 Å². The quantitative estimate of drug-likeness (QED) is 0.684. The first-order valence-corrected chi connectivity index (χ1v) is 3.96. The summed E-state index contributed by atoms with van der Waals surface area (Å²) in [5.74, 6) is -0.950.